The average Bonchev–Trinajstić information content (AvgIpc) is 3.15. The van der Waals surface area contributed by atoms with Crippen molar-refractivity contribution in [2.45, 2.75) is 6.54 Å². The van der Waals surface area contributed by atoms with Crippen LogP contribution in [-0.4, -0.2) is 10.5 Å². The third-order valence-corrected chi connectivity index (χ3v) is 4.29. The van der Waals surface area contributed by atoms with Crippen molar-refractivity contribution in [3.63, 3.8) is 0 Å². The molecule has 0 atom stereocenters. The van der Waals surface area contributed by atoms with E-state index in [0.717, 1.165) is 16.0 Å². The molecule has 0 fully saturated rings. The summed E-state index contributed by atoms with van der Waals surface area (Å²) in [6, 6.07) is 12.0. The first-order chi connectivity index (χ1) is 10.6. The number of amides is 1. The summed E-state index contributed by atoms with van der Waals surface area (Å²) in [5, 5.41) is 4.89. The van der Waals surface area contributed by atoms with E-state index in [4.69, 9.17) is 0 Å². The van der Waals surface area contributed by atoms with Gasteiger partial charge in [-0.3, -0.25) is 4.79 Å². The number of nitrogens with one attached hydrogen (secondary N) is 1. The highest BCUT2D eigenvalue weighted by Crippen LogP contribution is 2.22. The van der Waals surface area contributed by atoms with E-state index in [-0.39, 0.29) is 11.7 Å². The standard InChI is InChI=1S/C17H15FN2OS/c1-20-11-13(12-4-6-14(18)7-5-12)9-16(20)17(21)19-10-15-3-2-8-22-15/h2-9,11H,10H2,1H3,(H,19,21). The van der Waals surface area contributed by atoms with Gasteiger partial charge in [-0.05, 0) is 35.2 Å². The van der Waals surface area contributed by atoms with Crippen LogP contribution in [0.4, 0.5) is 4.39 Å². The van der Waals surface area contributed by atoms with Gasteiger partial charge >= 0.3 is 0 Å². The van der Waals surface area contributed by atoms with Crippen LogP contribution in [-0.2, 0) is 13.6 Å². The number of benzene rings is 1. The Morgan fingerprint density at radius 1 is 1.23 bits per heavy atom. The van der Waals surface area contributed by atoms with E-state index in [1.807, 2.05) is 36.8 Å². The molecular formula is C17H15FN2OS. The first-order valence-electron chi connectivity index (χ1n) is 6.86. The van der Waals surface area contributed by atoms with Crippen molar-refractivity contribution in [1.29, 1.82) is 0 Å². The third-order valence-electron chi connectivity index (χ3n) is 3.42. The zero-order chi connectivity index (χ0) is 15.5. The number of rotatable bonds is 4. The number of carbonyl (C=O) groups is 1. The molecule has 0 aliphatic carbocycles. The van der Waals surface area contributed by atoms with Crippen LogP contribution in [0.25, 0.3) is 11.1 Å². The minimum absolute atomic E-state index is 0.121. The Balaban J connectivity index is 1.76. The van der Waals surface area contributed by atoms with Crippen molar-refractivity contribution in [3.8, 4) is 11.1 Å². The lowest BCUT2D eigenvalue weighted by molar-refractivity contribution is 0.0943. The average molecular weight is 314 g/mol. The lowest BCUT2D eigenvalue weighted by atomic mass is 10.1. The molecule has 112 valence electrons. The van der Waals surface area contributed by atoms with Gasteiger partial charge in [0.05, 0.1) is 6.54 Å². The van der Waals surface area contributed by atoms with Gasteiger partial charge in [0.2, 0.25) is 0 Å². The summed E-state index contributed by atoms with van der Waals surface area (Å²) in [6.07, 6.45) is 1.87. The van der Waals surface area contributed by atoms with Gasteiger partial charge in [0.15, 0.2) is 0 Å². The first kappa shape index (κ1) is 14.5. The predicted octanol–water partition coefficient (Wildman–Crippen LogP) is 3.82. The van der Waals surface area contributed by atoms with Gasteiger partial charge in [0.1, 0.15) is 11.5 Å². The number of carbonyl (C=O) groups excluding carboxylic acids is 1. The topological polar surface area (TPSA) is 34.0 Å². The minimum atomic E-state index is -0.270. The largest absolute Gasteiger partial charge is 0.346 e. The van der Waals surface area contributed by atoms with Crippen LogP contribution in [0.3, 0.4) is 0 Å². The molecule has 5 heteroatoms. The van der Waals surface area contributed by atoms with E-state index >= 15 is 0 Å². The molecule has 22 heavy (non-hydrogen) atoms. The predicted molar refractivity (Wildman–Crippen MR) is 86.3 cm³/mol. The molecule has 1 N–H and O–H groups in total. The molecular weight excluding hydrogens is 299 g/mol. The quantitative estimate of drug-likeness (QED) is 0.780. The molecule has 3 rings (SSSR count). The van der Waals surface area contributed by atoms with Crippen molar-refractivity contribution in [2.75, 3.05) is 0 Å². The molecule has 3 aromatic rings. The molecule has 2 aromatic heterocycles. The molecule has 3 nitrogen and oxygen atoms in total. The summed E-state index contributed by atoms with van der Waals surface area (Å²) in [7, 11) is 1.83. The Morgan fingerprint density at radius 3 is 2.68 bits per heavy atom. The van der Waals surface area contributed by atoms with Crippen molar-refractivity contribution < 1.29 is 9.18 Å². The summed E-state index contributed by atoms with van der Waals surface area (Å²) >= 11 is 1.61. The molecule has 1 aromatic carbocycles. The normalized spacial score (nSPS) is 10.6. The van der Waals surface area contributed by atoms with E-state index in [9.17, 15) is 9.18 Å². The monoisotopic (exact) mass is 314 g/mol. The highest BCUT2D eigenvalue weighted by Gasteiger charge is 2.12. The lowest BCUT2D eigenvalue weighted by Crippen LogP contribution is -2.24. The maximum Gasteiger partial charge on any atom is 0.268 e. The number of aromatic nitrogens is 1. The maximum atomic E-state index is 13.0. The van der Waals surface area contributed by atoms with Gasteiger partial charge in [-0.25, -0.2) is 4.39 Å². The SMILES string of the molecule is Cn1cc(-c2ccc(F)cc2)cc1C(=O)NCc1cccs1. The highest BCUT2D eigenvalue weighted by molar-refractivity contribution is 7.09. The molecule has 0 radical (unpaired) electrons. The second-order valence-corrected chi connectivity index (χ2v) is 6.03. The molecule has 0 unspecified atom stereocenters. The molecule has 0 spiro atoms. The van der Waals surface area contributed by atoms with Crippen LogP contribution in [0, 0.1) is 5.82 Å². The first-order valence-corrected chi connectivity index (χ1v) is 7.74. The summed E-state index contributed by atoms with van der Waals surface area (Å²) in [6.45, 7) is 0.521. The van der Waals surface area contributed by atoms with Gasteiger partial charge in [-0.15, -0.1) is 11.3 Å². The Kier molecular flexibility index (Phi) is 4.06. The van der Waals surface area contributed by atoms with Crippen LogP contribution < -0.4 is 5.32 Å². The number of nitrogens with zero attached hydrogens (tertiary/aromatic N) is 1. The molecule has 0 bridgehead atoms. The number of halogens is 1. The van der Waals surface area contributed by atoms with Crippen LogP contribution in [0.15, 0.2) is 54.0 Å². The van der Waals surface area contributed by atoms with E-state index in [2.05, 4.69) is 5.32 Å². The molecule has 0 aliphatic heterocycles. The zero-order valence-electron chi connectivity index (χ0n) is 12.0. The highest BCUT2D eigenvalue weighted by atomic mass is 32.1. The van der Waals surface area contributed by atoms with Crippen LogP contribution >= 0.6 is 11.3 Å². The number of aryl methyl sites for hydroxylation is 1. The maximum absolute atomic E-state index is 13.0. The van der Waals surface area contributed by atoms with Crippen LogP contribution in [0.5, 0.6) is 0 Å². The van der Waals surface area contributed by atoms with Crippen LogP contribution in [0.2, 0.25) is 0 Å². The van der Waals surface area contributed by atoms with E-state index in [1.165, 1.54) is 12.1 Å². The minimum Gasteiger partial charge on any atom is -0.346 e. The van der Waals surface area contributed by atoms with E-state index in [1.54, 1.807) is 28.0 Å². The summed E-state index contributed by atoms with van der Waals surface area (Å²) in [5.74, 6) is -0.391. The molecule has 1 amide bonds. The second kappa shape index (κ2) is 6.15. The van der Waals surface area contributed by atoms with Gasteiger partial charge in [0, 0.05) is 23.7 Å². The van der Waals surface area contributed by atoms with Crippen molar-refractivity contribution in [3.05, 3.63) is 70.4 Å². The molecule has 0 saturated heterocycles. The number of hydrogen-bond donors (Lipinski definition) is 1. The Labute approximate surface area is 132 Å². The van der Waals surface area contributed by atoms with E-state index in [0.29, 0.717) is 12.2 Å². The van der Waals surface area contributed by atoms with Crippen molar-refractivity contribution in [2.24, 2.45) is 7.05 Å². The van der Waals surface area contributed by atoms with Gasteiger partial charge < -0.3 is 9.88 Å². The Morgan fingerprint density at radius 2 is 2.00 bits per heavy atom. The summed E-state index contributed by atoms with van der Waals surface area (Å²) < 4.78 is 14.8. The fourth-order valence-electron chi connectivity index (χ4n) is 2.26. The summed E-state index contributed by atoms with van der Waals surface area (Å²) in [4.78, 5) is 13.4. The van der Waals surface area contributed by atoms with E-state index < -0.39 is 0 Å². The third kappa shape index (κ3) is 3.09. The number of thiophene rings is 1. The lowest BCUT2D eigenvalue weighted by Gasteiger charge is -2.04. The fraction of sp³-hybridized carbons (Fsp3) is 0.118. The Hall–Kier alpha value is -2.40. The zero-order valence-corrected chi connectivity index (χ0v) is 12.9. The smallest absolute Gasteiger partial charge is 0.268 e. The fourth-order valence-corrected chi connectivity index (χ4v) is 2.91. The van der Waals surface area contributed by atoms with Crippen molar-refractivity contribution in [1.82, 2.24) is 9.88 Å². The second-order valence-electron chi connectivity index (χ2n) is 4.99. The molecule has 0 saturated carbocycles. The molecule has 0 aliphatic rings. The summed E-state index contributed by atoms with van der Waals surface area (Å²) in [5.41, 5.74) is 2.36. The van der Waals surface area contributed by atoms with Crippen LogP contribution in [0.1, 0.15) is 15.4 Å². The Bertz CT molecular complexity index is 776. The number of hydrogen-bond acceptors (Lipinski definition) is 2. The van der Waals surface area contributed by atoms with Gasteiger partial charge in [-0.2, -0.15) is 0 Å². The van der Waals surface area contributed by atoms with Gasteiger partial charge in [-0.1, -0.05) is 18.2 Å². The van der Waals surface area contributed by atoms with Crippen molar-refractivity contribution >= 4 is 17.2 Å². The van der Waals surface area contributed by atoms with Gasteiger partial charge in [0.25, 0.3) is 5.91 Å². The molecule has 2 heterocycles.